The number of fused-ring (bicyclic) bond motifs is 1. The molecule has 0 saturated carbocycles. The summed E-state index contributed by atoms with van der Waals surface area (Å²) in [5, 5.41) is 13.7. The number of aromatic nitrogens is 1. The highest BCUT2D eigenvalue weighted by atomic mass is 79.9. The number of phenols is 1. The van der Waals surface area contributed by atoms with E-state index in [2.05, 4.69) is 21.1 Å². The topological polar surface area (TPSA) is 90.7 Å². The number of halogens is 1. The first-order valence-electron chi connectivity index (χ1n) is 5.20. The third-order valence-electron chi connectivity index (χ3n) is 2.53. The minimum Gasteiger partial charge on any atom is -0.506 e. The molecule has 0 atom stereocenters. The summed E-state index contributed by atoms with van der Waals surface area (Å²) in [5.74, 6) is 1.52. The van der Waals surface area contributed by atoms with Gasteiger partial charge in [0.05, 0.1) is 4.47 Å². The van der Waals surface area contributed by atoms with Crippen molar-refractivity contribution in [1.82, 2.24) is 5.16 Å². The molecule has 3 N–H and O–H groups in total. The van der Waals surface area contributed by atoms with E-state index in [1.54, 1.807) is 6.07 Å². The van der Waals surface area contributed by atoms with Crippen molar-refractivity contribution < 1.29 is 19.1 Å². The summed E-state index contributed by atoms with van der Waals surface area (Å²) in [7, 11) is 0. The first-order chi connectivity index (χ1) is 8.66. The average molecular weight is 313 g/mol. The van der Waals surface area contributed by atoms with Gasteiger partial charge < -0.3 is 24.8 Å². The molecule has 0 unspecified atom stereocenters. The number of aromatic hydroxyl groups is 1. The number of nitrogens with zero attached hydrogens (tertiary/aromatic N) is 1. The molecule has 0 spiro atoms. The van der Waals surface area contributed by atoms with Crippen LogP contribution in [0.1, 0.15) is 0 Å². The molecule has 18 heavy (non-hydrogen) atoms. The Morgan fingerprint density at radius 1 is 1.28 bits per heavy atom. The van der Waals surface area contributed by atoms with Gasteiger partial charge in [0.15, 0.2) is 23.1 Å². The zero-order chi connectivity index (χ0) is 12.7. The van der Waals surface area contributed by atoms with Crippen LogP contribution in [0.2, 0.25) is 0 Å². The van der Waals surface area contributed by atoms with Crippen molar-refractivity contribution in [2.45, 2.75) is 0 Å². The molecule has 1 aliphatic heterocycles. The van der Waals surface area contributed by atoms with Gasteiger partial charge in [0.1, 0.15) is 24.5 Å². The number of phenolic OH excluding ortho intramolecular Hbond substituents is 1. The normalized spacial score (nSPS) is 13.6. The zero-order valence-corrected chi connectivity index (χ0v) is 10.7. The monoisotopic (exact) mass is 312 g/mol. The van der Waals surface area contributed by atoms with Gasteiger partial charge in [-0.2, -0.15) is 0 Å². The Morgan fingerprint density at radius 2 is 2.06 bits per heavy atom. The van der Waals surface area contributed by atoms with Crippen LogP contribution in [0, 0.1) is 0 Å². The third kappa shape index (κ3) is 1.67. The first-order valence-corrected chi connectivity index (χ1v) is 5.99. The molecular formula is C11H9BrN2O4. The largest absolute Gasteiger partial charge is 0.506 e. The number of hydrogen-bond acceptors (Lipinski definition) is 6. The lowest BCUT2D eigenvalue weighted by Crippen LogP contribution is -2.16. The Labute approximate surface area is 110 Å². The molecular weight excluding hydrogens is 304 g/mol. The van der Waals surface area contributed by atoms with Gasteiger partial charge in [0.2, 0.25) is 0 Å². The van der Waals surface area contributed by atoms with Crippen LogP contribution in [0.5, 0.6) is 17.2 Å². The Bertz CT molecular complexity index is 611. The van der Waals surface area contributed by atoms with Crippen molar-refractivity contribution in [2.75, 3.05) is 18.9 Å². The molecule has 2 aromatic rings. The first kappa shape index (κ1) is 11.2. The molecule has 0 bridgehead atoms. The zero-order valence-electron chi connectivity index (χ0n) is 9.14. The van der Waals surface area contributed by atoms with Crippen molar-refractivity contribution in [2.24, 2.45) is 0 Å². The van der Waals surface area contributed by atoms with E-state index in [-0.39, 0.29) is 11.6 Å². The maximum atomic E-state index is 10.1. The summed E-state index contributed by atoms with van der Waals surface area (Å²) in [4.78, 5) is 0. The van der Waals surface area contributed by atoms with Crippen LogP contribution in [-0.2, 0) is 0 Å². The van der Waals surface area contributed by atoms with E-state index in [0.717, 1.165) is 0 Å². The lowest BCUT2D eigenvalue weighted by atomic mass is 10.1. The summed E-state index contributed by atoms with van der Waals surface area (Å²) in [5.41, 5.74) is 5.89. The van der Waals surface area contributed by atoms with Crippen LogP contribution in [0.25, 0.3) is 11.3 Å². The second kappa shape index (κ2) is 4.09. The average Bonchev–Trinajstić information content (AvgIpc) is 2.77. The molecule has 1 aliphatic rings. The summed E-state index contributed by atoms with van der Waals surface area (Å²) >= 11 is 3.25. The van der Waals surface area contributed by atoms with Crippen molar-refractivity contribution in [3.8, 4) is 28.6 Å². The molecule has 1 aromatic heterocycles. The Hall–Kier alpha value is -1.89. The summed E-state index contributed by atoms with van der Waals surface area (Å²) < 4.78 is 16.5. The molecule has 0 saturated heterocycles. The molecule has 3 rings (SSSR count). The van der Waals surface area contributed by atoms with E-state index >= 15 is 0 Å². The van der Waals surface area contributed by atoms with Gasteiger partial charge in [-0.3, -0.25) is 0 Å². The van der Waals surface area contributed by atoms with Gasteiger partial charge in [-0.05, 0) is 15.9 Å². The SMILES string of the molecule is Nc1cc(-c2c(O)c(Br)cc3c2OCCO3)on1. The maximum absolute atomic E-state index is 10.1. The third-order valence-corrected chi connectivity index (χ3v) is 3.14. The second-order valence-corrected chi connectivity index (χ2v) is 4.58. The predicted octanol–water partition coefficient (Wildman–Crippen LogP) is 2.16. The van der Waals surface area contributed by atoms with Crippen LogP contribution < -0.4 is 15.2 Å². The van der Waals surface area contributed by atoms with Crippen molar-refractivity contribution in [1.29, 1.82) is 0 Å². The maximum Gasteiger partial charge on any atom is 0.176 e. The smallest absolute Gasteiger partial charge is 0.176 e. The van der Waals surface area contributed by atoms with Crippen LogP contribution in [0.4, 0.5) is 5.82 Å². The van der Waals surface area contributed by atoms with Gasteiger partial charge in [0.25, 0.3) is 0 Å². The fraction of sp³-hybridized carbons (Fsp3) is 0.182. The molecule has 6 nitrogen and oxygen atoms in total. The van der Waals surface area contributed by atoms with Crippen LogP contribution in [-0.4, -0.2) is 23.5 Å². The number of nitrogen functional groups attached to an aromatic ring is 1. The minimum absolute atomic E-state index is 0.00426. The van der Waals surface area contributed by atoms with Gasteiger partial charge in [-0.1, -0.05) is 5.16 Å². The number of nitrogens with two attached hydrogens (primary N) is 1. The highest BCUT2D eigenvalue weighted by Crippen LogP contribution is 2.49. The van der Waals surface area contributed by atoms with E-state index in [4.69, 9.17) is 19.7 Å². The van der Waals surface area contributed by atoms with E-state index in [0.29, 0.717) is 40.5 Å². The van der Waals surface area contributed by atoms with Crippen molar-refractivity contribution in [3.63, 3.8) is 0 Å². The lowest BCUT2D eigenvalue weighted by molar-refractivity contribution is 0.171. The summed E-state index contributed by atoms with van der Waals surface area (Å²) in [6.45, 7) is 0.868. The summed E-state index contributed by atoms with van der Waals surface area (Å²) in [6.07, 6.45) is 0. The predicted molar refractivity (Wildman–Crippen MR) is 66.7 cm³/mol. The molecule has 0 aliphatic carbocycles. The number of hydrogen-bond donors (Lipinski definition) is 2. The molecule has 0 amide bonds. The highest BCUT2D eigenvalue weighted by molar-refractivity contribution is 9.10. The molecule has 0 radical (unpaired) electrons. The Kier molecular flexibility index (Phi) is 2.55. The van der Waals surface area contributed by atoms with Gasteiger partial charge in [-0.15, -0.1) is 0 Å². The number of benzene rings is 1. The molecule has 94 valence electrons. The minimum atomic E-state index is -0.00426. The van der Waals surface area contributed by atoms with E-state index < -0.39 is 0 Å². The molecule has 1 aromatic carbocycles. The van der Waals surface area contributed by atoms with Crippen LogP contribution in [0.15, 0.2) is 21.1 Å². The number of rotatable bonds is 1. The lowest BCUT2D eigenvalue weighted by Gasteiger charge is -2.21. The van der Waals surface area contributed by atoms with Crippen molar-refractivity contribution in [3.05, 3.63) is 16.6 Å². The number of ether oxygens (including phenoxy) is 2. The molecule has 7 heteroatoms. The van der Waals surface area contributed by atoms with Crippen LogP contribution >= 0.6 is 15.9 Å². The highest BCUT2D eigenvalue weighted by Gasteiger charge is 2.25. The fourth-order valence-electron chi connectivity index (χ4n) is 1.78. The van der Waals surface area contributed by atoms with Gasteiger partial charge in [0, 0.05) is 12.1 Å². The van der Waals surface area contributed by atoms with Crippen molar-refractivity contribution >= 4 is 21.7 Å². The fourth-order valence-corrected chi connectivity index (χ4v) is 2.19. The quantitative estimate of drug-likeness (QED) is 0.838. The van der Waals surface area contributed by atoms with Gasteiger partial charge >= 0.3 is 0 Å². The Morgan fingerprint density at radius 3 is 2.78 bits per heavy atom. The molecule has 2 heterocycles. The van der Waals surface area contributed by atoms with Crippen LogP contribution in [0.3, 0.4) is 0 Å². The standard InChI is InChI=1S/C11H9BrN2O4/c12-5-3-7-11(17-2-1-16-7)9(10(5)15)6-4-8(13)14-18-6/h3-4,15H,1-2H2,(H2,13,14). The molecule has 0 fully saturated rings. The van der Waals surface area contributed by atoms with Gasteiger partial charge in [-0.25, -0.2) is 0 Å². The second-order valence-electron chi connectivity index (χ2n) is 3.72. The summed E-state index contributed by atoms with van der Waals surface area (Å²) in [6, 6.07) is 3.16. The van der Waals surface area contributed by atoms with E-state index in [1.165, 1.54) is 6.07 Å². The van der Waals surface area contributed by atoms with E-state index in [9.17, 15) is 5.11 Å². The number of anilines is 1. The Balaban J connectivity index is 2.26. The van der Waals surface area contributed by atoms with E-state index in [1.807, 2.05) is 0 Å².